The van der Waals surface area contributed by atoms with Crippen LogP contribution in [0.4, 0.5) is 10.1 Å². The van der Waals surface area contributed by atoms with Crippen LogP contribution in [0.3, 0.4) is 0 Å². The third-order valence-corrected chi connectivity index (χ3v) is 3.84. The normalized spacial score (nSPS) is 11.0. The predicted octanol–water partition coefficient (Wildman–Crippen LogP) is 4.69. The molecule has 1 aromatic heterocycles. The summed E-state index contributed by atoms with van der Waals surface area (Å²) in [6.07, 6.45) is 0. The molecule has 3 aromatic rings. The molecular weight excluding hydrogens is 339 g/mol. The molecule has 0 aliphatic rings. The van der Waals surface area contributed by atoms with E-state index in [2.05, 4.69) is 21.1 Å². The first-order valence-corrected chi connectivity index (χ1v) is 6.98. The second-order valence-corrected chi connectivity index (χ2v) is 5.52. The number of halogens is 2. The maximum Gasteiger partial charge on any atom is 0.222 e. The number of hydrogen-bond acceptors (Lipinski definition) is 3. The average molecular weight is 349 g/mol. The van der Waals surface area contributed by atoms with Crippen LogP contribution in [0.15, 0.2) is 52.1 Å². The topological polar surface area (TPSA) is 54.6 Å². The van der Waals surface area contributed by atoms with E-state index in [9.17, 15) is 14.4 Å². The SMILES string of the molecule is O=Nc1c(O)n(Cc2ccccc2F)c2ccc(Br)cc12. The molecule has 0 fully saturated rings. The second-order valence-electron chi connectivity index (χ2n) is 4.60. The fraction of sp³-hybridized carbons (Fsp3) is 0.0667. The van der Waals surface area contributed by atoms with E-state index in [1.807, 2.05) is 0 Å². The highest BCUT2D eigenvalue weighted by molar-refractivity contribution is 9.10. The lowest BCUT2D eigenvalue weighted by Gasteiger charge is -2.08. The summed E-state index contributed by atoms with van der Waals surface area (Å²) in [7, 11) is 0. The van der Waals surface area contributed by atoms with E-state index in [-0.39, 0.29) is 23.9 Å². The maximum atomic E-state index is 13.8. The Balaban J connectivity index is 2.21. The molecule has 4 nitrogen and oxygen atoms in total. The summed E-state index contributed by atoms with van der Waals surface area (Å²) in [6, 6.07) is 11.5. The smallest absolute Gasteiger partial charge is 0.222 e. The minimum atomic E-state index is -0.364. The molecule has 106 valence electrons. The molecule has 0 aliphatic carbocycles. The highest BCUT2D eigenvalue weighted by atomic mass is 79.9. The van der Waals surface area contributed by atoms with Crippen molar-refractivity contribution in [3.05, 3.63) is 63.2 Å². The van der Waals surface area contributed by atoms with Crippen molar-refractivity contribution < 1.29 is 9.50 Å². The lowest BCUT2D eigenvalue weighted by molar-refractivity contribution is 0.428. The van der Waals surface area contributed by atoms with E-state index in [0.29, 0.717) is 16.5 Å². The Morgan fingerprint density at radius 1 is 1.24 bits per heavy atom. The van der Waals surface area contributed by atoms with Gasteiger partial charge in [-0.25, -0.2) is 4.39 Å². The van der Waals surface area contributed by atoms with Crippen molar-refractivity contribution in [3.8, 4) is 5.88 Å². The molecule has 0 saturated carbocycles. The Bertz CT molecular complexity index is 845. The quantitative estimate of drug-likeness (QED) is 0.697. The van der Waals surface area contributed by atoms with Crippen molar-refractivity contribution in [2.75, 3.05) is 0 Å². The Kier molecular flexibility index (Phi) is 3.47. The molecule has 0 radical (unpaired) electrons. The van der Waals surface area contributed by atoms with E-state index in [4.69, 9.17) is 0 Å². The molecule has 0 saturated heterocycles. The van der Waals surface area contributed by atoms with Crippen LogP contribution in [0.2, 0.25) is 0 Å². The van der Waals surface area contributed by atoms with Crippen molar-refractivity contribution in [2.45, 2.75) is 6.54 Å². The first-order chi connectivity index (χ1) is 10.1. The number of fused-ring (bicyclic) bond motifs is 1. The maximum absolute atomic E-state index is 13.8. The second kappa shape index (κ2) is 5.29. The first kappa shape index (κ1) is 13.8. The fourth-order valence-electron chi connectivity index (χ4n) is 2.34. The van der Waals surface area contributed by atoms with Gasteiger partial charge in [-0.15, -0.1) is 4.91 Å². The van der Waals surface area contributed by atoms with Gasteiger partial charge in [0, 0.05) is 15.4 Å². The molecule has 0 bridgehead atoms. The van der Waals surface area contributed by atoms with Gasteiger partial charge in [-0.2, -0.15) is 0 Å². The molecule has 3 rings (SSSR count). The van der Waals surface area contributed by atoms with Gasteiger partial charge in [-0.3, -0.25) is 0 Å². The zero-order valence-corrected chi connectivity index (χ0v) is 12.3. The summed E-state index contributed by atoms with van der Waals surface area (Å²) < 4.78 is 16.0. The molecule has 2 aromatic carbocycles. The number of nitrogens with zero attached hydrogens (tertiary/aromatic N) is 2. The third-order valence-electron chi connectivity index (χ3n) is 3.35. The van der Waals surface area contributed by atoms with Crippen LogP contribution in [0.25, 0.3) is 10.9 Å². The minimum Gasteiger partial charge on any atom is -0.493 e. The largest absolute Gasteiger partial charge is 0.493 e. The number of aromatic hydroxyl groups is 1. The van der Waals surface area contributed by atoms with Gasteiger partial charge in [0.1, 0.15) is 5.82 Å². The number of benzene rings is 2. The van der Waals surface area contributed by atoms with Crippen molar-refractivity contribution >= 4 is 32.5 Å². The van der Waals surface area contributed by atoms with Gasteiger partial charge in [0.05, 0.1) is 12.1 Å². The standard InChI is InChI=1S/C15H10BrFN2O2/c16-10-5-6-13-11(7-10)14(18-21)15(20)19(13)8-9-3-1-2-4-12(9)17/h1-7,20H,8H2. The fourth-order valence-corrected chi connectivity index (χ4v) is 2.70. The van der Waals surface area contributed by atoms with Crippen LogP contribution in [0.5, 0.6) is 5.88 Å². The molecule has 0 aliphatic heterocycles. The summed E-state index contributed by atoms with van der Waals surface area (Å²) in [5, 5.41) is 13.6. The summed E-state index contributed by atoms with van der Waals surface area (Å²) >= 11 is 3.31. The molecule has 1 heterocycles. The Morgan fingerprint density at radius 3 is 2.71 bits per heavy atom. The van der Waals surface area contributed by atoms with Gasteiger partial charge >= 0.3 is 0 Å². The monoisotopic (exact) mass is 348 g/mol. The van der Waals surface area contributed by atoms with Crippen LogP contribution < -0.4 is 0 Å². The highest BCUT2D eigenvalue weighted by Gasteiger charge is 2.18. The van der Waals surface area contributed by atoms with E-state index in [0.717, 1.165) is 4.47 Å². The lowest BCUT2D eigenvalue weighted by Crippen LogP contribution is -2.01. The summed E-state index contributed by atoms with van der Waals surface area (Å²) in [5.41, 5.74) is 1.00. The predicted molar refractivity (Wildman–Crippen MR) is 82.3 cm³/mol. The van der Waals surface area contributed by atoms with Gasteiger partial charge in [0.15, 0.2) is 5.69 Å². The minimum absolute atomic E-state index is 0.0392. The van der Waals surface area contributed by atoms with Crippen molar-refractivity contribution in [1.29, 1.82) is 0 Å². The van der Waals surface area contributed by atoms with Crippen LogP contribution >= 0.6 is 15.9 Å². The van der Waals surface area contributed by atoms with Gasteiger partial charge in [0.25, 0.3) is 0 Å². The van der Waals surface area contributed by atoms with E-state index < -0.39 is 0 Å². The molecule has 0 atom stereocenters. The summed E-state index contributed by atoms with van der Waals surface area (Å²) in [4.78, 5) is 11.0. The molecule has 0 spiro atoms. The average Bonchev–Trinajstić information content (AvgIpc) is 2.73. The van der Waals surface area contributed by atoms with Crippen LogP contribution in [-0.4, -0.2) is 9.67 Å². The van der Waals surface area contributed by atoms with Gasteiger partial charge in [0.2, 0.25) is 5.88 Å². The van der Waals surface area contributed by atoms with Gasteiger partial charge < -0.3 is 9.67 Å². The molecular formula is C15H10BrFN2O2. The van der Waals surface area contributed by atoms with Crippen LogP contribution in [0.1, 0.15) is 5.56 Å². The van der Waals surface area contributed by atoms with E-state index in [1.54, 1.807) is 36.4 Å². The van der Waals surface area contributed by atoms with Crippen molar-refractivity contribution in [1.82, 2.24) is 4.57 Å². The summed E-state index contributed by atoms with van der Waals surface area (Å²) in [6.45, 7) is 0.117. The lowest BCUT2D eigenvalue weighted by atomic mass is 10.2. The molecule has 6 heteroatoms. The molecule has 21 heavy (non-hydrogen) atoms. The van der Waals surface area contributed by atoms with E-state index in [1.165, 1.54) is 10.6 Å². The first-order valence-electron chi connectivity index (χ1n) is 6.19. The molecule has 0 unspecified atom stereocenters. The Morgan fingerprint density at radius 2 is 2.00 bits per heavy atom. The Hall–Kier alpha value is -2.21. The number of rotatable bonds is 3. The summed E-state index contributed by atoms with van der Waals surface area (Å²) in [5.74, 6) is -0.627. The van der Waals surface area contributed by atoms with Gasteiger partial charge in [-0.1, -0.05) is 34.1 Å². The zero-order chi connectivity index (χ0) is 15.0. The van der Waals surface area contributed by atoms with E-state index >= 15 is 0 Å². The third kappa shape index (κ3) is 2.31. The van der Waals surface area contributed by atoms with Gasteiger partial charge in [-0.05, 0) is 29.4 Å². The zero-order valence-electron chi connectivity index (χ0n) is 10.8. The number of aromatic nitrogens is 1. The highest BCUT2D eigenvalue weighted by Crippen LogP contribution is 2.40. The van der Waals surface area contributed by atoms with Crippen molar-refractivity contribution in [2.24, 2.45) is 5.18 Å². The Labute approximate surface area is 127 Å². The van der Waals surface area contributed by atoms with Crippen molar-refractivity contribution in [3.63, 3.8) is 0 Å². The van der Waals surface area contributed by atoms with Crippen LogP contribution in [0, 0.1) is 10.7 Å². The number of nitroso groups, excluding NO2 is 1. The molecule has 1 N–H and O–H groups in total. The van der Waals surface area contributed by atoms with Crippen LogP contribution in [-0.2, 0) is 6.54 Å². The molecule has 0 amide bonds. The number of hydrogen-bond donors (Lipinski definition) is 1.